The van der Waals surface area contributed by atoms with Gasteiger partial charge in [0.25, 0.3) is 11.7 Å². The molecule has 2 aromatic carbocycles. The minimum absolute atomic E-state index is 0.0378. The van der Waals surface area contributed by atoms with Crippen molar-refractivity contribution in [3.8, 4) is 11.5 Å². The number of likely N-dealkylation sites (N-methyl/N-ethyl adjacent to an activating group) is 1. The van der Waals surface area contributed by atoms with Crippen LogP contribution in [0.2, 0.25) is 0 Å². The summed E-state index contributed by atoms with van der Waals surface area (Å²) in [6.45, 7) is 0.871. The molecule has 7 nitrogen and oxygen atoms in total. The Hall–Kier alpha value is -3.39. The van der Waals surface area contributed by atoms with Gasteiger partial charge in [-0.1, -0.05) is 12.1 Å². The van der Waals surface area contributed by atoms with Crippen molar-refractivity contribution in [3.63, 3.8) is 0 Å². The standard InChI is InChI=1S/C22H21FN2O5/c1-24(2)9-10-25-19(13-3-6-15(23)7-4-13)18(21(27)22(25)28)20(26)14-5-8-16-17(11-14)30-12-29-16/h3-8,11,19,26H,9-10,12H2,1-2H3. The lowest BCUT2D eigenvalue weighted by molar-refractivity contribution is -0.140. The number of amides is 1. The van der Waals surface area contributed by atoms with E-state index in [2.05, 4.69) is 0 Å². The summed E-state index contributed by atoms with van der Waals surface area (Å²) in [7, 11) is 3.71. The second kappa shape index (κ2) is 7.79. The number of likely N-dealkylation sites (tertiary alicyclic amines) is 1. The molecule has 0 saturated carbocycles. The molecule has 0 spiro atoms. The van der Waals surface area contributed by atoms with E-state index in [0.29, 0.717) is 29.2 Å². The van der Waals surface area contributed by atoms with Crippen LogP contribution in [0.4, 0.5) is 4.39 Å². The first-order valence-electron chi connectivity index (χ1n) is 9.45. The van der Waals surface area contributed by atoms with Crippen molar-refractivity contribution in [1.82, 2.24) is 9.80 Å². The molecule has 8 heteroatoms. The van der Waals surface area contributed by atoms with Gasteiger partial charge in [-0.2, -0.15) is 0 Å². The highest BCUT2D eigenvalue weighted by Crippen LogP contribution is 2.41. The van der Waals surface area contributed by atoms with E-state index in [1.165, 1.54) is 29.2 Å². The summed E-state index contributed by atoms with van der Waals surface area (Å²) in [5.74, 6) is -1.24. The molecule has 1 amide bonds. The number of hydrogen-bond donors (Lipinski definition) is 1. The predicted molar refractivity (Wildman–Crippen MR) is 107 cm³/mol. The number of ketones is 1. The van der Waals surface area contributed by atoms with Gasteiger partial charge in [0.15, 0.2) is 11.5 Å². The lowest BCUT2D eigenvalue weighted by atomic mass is 9.95. The monoisotopic (exact) mass is 412 g/mol. The van der Waals surface area contributed by atoms with Crippen LogP contribution in [0, 0.1) is 5.82 Å². The van der Waals surface area contributed by atoms with Gasteiger partial charge in [-0.3, -0.25) is 9.59 Å². The van der Waals surface area contributed by atoms with Crippen molar-refractivity contribution in [1.29, 1.82) is 0 Å². The number of benzene rings is 2. The average molecular weight is 412 g/mol. The van der Waals surface area contributed by atoms with Crippen LogP contribution in [-0.2, 0) is 9.59 Å². The predicted octanol–water partition coefficient (Wildman–Crippen LogP) is 2.54. The Labute approximate surface area is 172 Å². The third-order valence-electron chi connectivity index (χ3n) is 5.16. The number of hydrogen-bond acceptors (Lipinski definition) is 6. The SMILES string of the molecule is CN(C)CCN1C(=O)C(=O)C(=C(O)c2ccc3c(c2)OCO3)C1c1ccc(F)cc1. The molecule has 30 heavy (non-hydrogen) atoms. The van der Waals surface area contributed by atoms with Crippen molar-refractivity contribution in [2.45, 2.75) is 6.04 Å². The van der Waals surface area contributed by atoms with E-state index in [-0.39, 0.29) is 24.7 Å². The molecule has 156 valence electrons. The first kappa shape index (κ1) is 19.9. The van der Waals surface area contributed by atoms with Gasteiger partial charge in [0, 0.05) is 18.7 Å². The van der Waals surface area contributed by atoms with Crippen LogP contribution in [0.15, 0.2) is 48.0 Å². The fraction of sp³-hybridized carbons (Fsp3) is 0.273. The zero-order chi connectivity index (χ0) is 21.4. The molecule has 0 bridgehead atoms. The van der Waals surface area contributed by atoms with E-state index in [9.17, 15) is 19.1 Å². The molecule has 4 rings (SSSR count). The van der Waals surface area contributed by atoms with E-state index in [1.807, 2.05) is 19.0 Å². The van der Waals surface area contributed by atoms with Gasteiger partial charge in [-0.25, -0.2) is 4.39 Å². The summed E-state index contributed by atoms with van der Waals surface area (Å²) >= 11 is 0. The largest absolute Gasteiger partial charge is 0.507 e. The summed E-state index contributed by atoms with van der Waals surface area (Å²) in [6, 6.07) is 9.53. The number of rotatable bonds is 5. The zero-order valence-electron chi connectivity index (χ0n) is 16.6. The van der Waals surface area contributed by atoms with Gasteiger partial charge >= 0.3 is 0 Å². The third kappa shape index (κ3) is 3.50. The molecule has 2 aromatic rings. The van der Waals surface area contributed by atoms with Crippen LogP contribution in [0.3, 0.4) is 0 Å². The van der Waals surface area contributed by atoms with E-state index >= 15 is 0 Å². The maximum absolute atomic E-state index is 13.5. The smallest absolute Gasteiger partial charge is 0.295 e. The van der Waals surface area contributed by atoms with E-state index < -0.39 is 23.5 Å². The molecule has 1 atom stereocenters. The molecule has 1 saturated heterocycles. The number of aliphatic hydroxyl groups is 1. The summed E-state index contributed by atoms with van der Waals surface area (Å²) in [4.78, 5) is 29.0. The molecule has 2 aliphatic rings. The summed E-state index contributed by atoms with van der Waals surface area (Å²) in [5, 5.41) is 11.0. The normalized spacial score (nSPS) is 19.7. The Morgan fingerprint density at radius 1 is 1.13 bits per heavy atom. The maximum Gasteiger partial charge on any atom is 0.295 e. The average Bonchev–Trinajstić information content (AvgIpc) is 3.29. The Morgan fingerprint density at radius 3 is 2.53 bits per heavy atom. The molecule has 2 heterocycles. The van der Waals surface area contributed by atoms with Crippen LogP contribution in [0.5, 0.6) is 11.5 Å². The Bertz CT molecular complexity index is 1030. The van der Waals surface area contributed by atoms with Crippen LogP contribution < -0.4 is 9.47 Å². The molecule has 2 aliphatic heterocycles. The third-order valence-corrected chi connectivity index (χ3v) is 5.16. The Kier molecular flexibility index (Phi) is 5.17. The Morgan fingerprint density at radius 2 is 1.83 bits per heavy atom. The maximum atomic E-state index is 13.5. The van der Waals surface area contributed by atoms with Gasteiger partial charge in [-0.05, 0) is 50.0 Å². The van der Waals surface area contributed by atoms with Gasteiger partial charge in [0.1, 0.15) is 11.6 Å². The molecular formula is C22H21FN2O5. The van der Waals surface area contributed by atoms with Crippen LogP contribution in [-0.4, -0.2) is 60.6 Å². The second-order valence-electron chi connectivity index (χ2n) is 7.42. The first-order chi connectivity index (χ1) is 14.4. The molecule has 0 aliphatic carbocycles. The van der Waals surface area contributed by atoms with Gasteiger partial charge in [0.05, 0.1) is 11.6 Å². The van der Waals surface area contributed by atoms with E-state index in [0.717, 1.165) is 0 Å². The zero-order valence-corrected chi connectivity index (χ0v) is 16.6. The van der Waals surface area contributed by atoms with Crippen molar-refractivity contribution >= 4 is 17.4 Å². The molecule has 1 fully saturated rings. The topological polar surface area (TPSA) is 79.3 Å². The van der Waals surface area contributed by atoms with Crippen LogP contribution in [0.25, 0.3) is 5.76 Å². The van der Waals surface area contributed by atoms with Crippen molar-refractivity contribution < 1.29 is 28.6 Å². The number of carbonyl (C=O) groups is 2. The van der Waals surface area contributed by atoms with Gasteiger partial charge in [0.2, 0.25) is 6.79 Å². The Balaban J connectivity index is 1.82. The number of carbonyl (C=O) groups excluding carboxylic acids is 2. The lowest BCUT2D eigenvalue weighted by Gasteiger charge is -2.26. The summed E-state index contributed by atoms with van der Waals surface area (Å²) < 4.78 is 24.1. The minimum atomic E-state index is -0.823. The molecule has 0 radical (unpaired) electrons. The lowest BCUT2D eigenvalue weighted by Crippen LogP contribution is -2.35. The van der Waals surface area contributed by atoms with Crippen molar-refractivity contribution in [2.24, 2.45) is 0 Å². The number of fused-ring (bicyclic) bond motifs is 1. The molecule has 1 unspecified atom stereocenters. The number of aliphatic hydroxyl groups excluding tert-OH is 1. The second-order valence-corrected chi connectivity index (χ2v) is 7.42. The highest BCUT2D eigenvalue weighted by Gasteiger charge is 2.46. The van der Waals surface area contributed by atoms with E-state index in [4.69, 9.17) is 9.47 Å². The highest BCUT2D eigenvalue weighted by molar-refractivity contribution is 6.46. The van der Waals surface area contributed by atoms with Crippen LogP contribution in [0.1, 0.15) is 17.2 Å². The van der Waals surface area contributed by atoms with Crippen LogP contribution >= 0.6 is 0 Å². The minimum Gasteiger partial charge on any atom is -0.507 e. The quantitative estimate of drug-likeness (QED) is 0.462. The fourth-order valence-corrected chi connectivity index (χ4v) is 3.61. The fourth-order valence-electron chi connectivity index (χ4n) is 3.61. The van der Waals surface area contributed by atoms with Gasteiger partial charge < -0.3 is 24.4 Å². The number of nitrogens with zero attached hydrogens (tertiary/aromatic N) is 2. The summed E-state index contributed by atoms with van der Waals surface area (Å²) in [5.41, 5.74) is 0.831. The van der Waals surface area contributed by atoms with E-state index in [1.54, 1.807) is 18.2 Å². The van der Waals surface area contributed by atoms with Crippen molar-refractivity contribution in [2.75, 3.05) is 34.0 Å². The van der Waals surface area contributed by atoms with Crippen molar-refractivity contribution in [3.05, 3.63) is 65.0 Å². The first-order valence-corrected chi connectivity index (χ1v) is 9.45. The molecule has 0 aromatic heterocycles. The molecular weight excluding hydrogens is 391 g/mol. The number of ether oxygens (including phenoxy) is 2. The molecule has 1 N–H and O–H groups in total. The number of halogens is 1. The summed E-state index contributed by atoms with van der Waals surface area (Å²) in [6.07, 6.45) is 0. The highest BCUT2D eigenvalue weighted by atomic mass is 19.1. The van der Waals surface area contributed by atoms with Gasteiger partial charge in [-0.15, -0.1) is 0 Å². The number of Topliss-reactive ketones (excluding diaryl/α,β-unsaturated/α-hetero) is 1.